The van der Waals surface area contributed by atoms with Crippen LogP contribution in [-0.2, 0) is 9.53 Å². The van der Waals surface area contributed by atoms with Gasteiger partial charge in [0.25, 0.3) is 11.6 Å². The number of benzene rings is 1. The molecule has 2 atom stereocenters. The quantitative estimate of drug-likeness (QED) is 0.423. The van der Waals surface area contributed by atoms with Crippen LogP contribution in [0, 0.1) is 10.1 Å². The molecule has 0 bridgehead atoms. The number of imide groups is 1. The zero-order valence-electron chi connectivity index (χ0n) is 14.7. The predicted molar refractivity (Wildman–Crippen MR) is 98.3 cm³/mol. The summed E-state index contributed by atoms with van der Waals surface area (Å²) in [5.74, 6) is 0.394. The Morgan fingerprint density at radius 2 is 1.85 bits per heavy atom. The normalized spacial score (nSPS) is 25.9. The topological polar surface area (TPSA) is 96.2 Å². The maximum absolute atomic E-state index is 12.9. The van der Waals surface area contributed by atoms with Crippen LogP contribution in [0.4, 0.5) is 10.5 Å². The van der Waals surface area contributed by atoms with Gasteiger partial charge in [-0.3, -0.25) is 29.6 Å². The highest BCUT2D eigenvalue weighted by Crippen LogP contribution is 2.45. The molecule has 3 amide bonds. The van der Waals surface area contributed by atoms with Crippen LogP contribution in [-0.4, -0.2) is 82.7 Å². The van der Waals surface area contributed by atoms with Gasteiger partial charge in [-0.1, -0.05) is 0 Å². The van der Waals surface area contributed by atoms with E-state index >= 15 is 0 Å². The van der Waals surface area contributed by atoms with Crippen molar-refractivity contribution in [3.63, 3.8) is 0 Å². The van der Waals surface area contributed by atoms with Crippen LogP contribution in [0.3, 0.4) is 0 Å². The highest BCUT2D eigenvalue weighted by molar-refractivity contribution is 7.99. The molecule has 9 nitrogen and oxygen atoms in total. The van der Waals surface area contributed by atoms with Crippen LogP contribution < -0.4 is 0 Å². The number of rotatable bonds is 5. The molecule has 27 heavy (non-hydrogen) atoms. The van der Waals surface area contributed by atoms with Crippen molar-refractivity contribution >= 4 is 29.4 Å². The largest absolute Gasteiger partial charge is 0.379 e. The number of fused-ring (bicyclic) bond motifs is 1. The number of nitrogens with zero attached hydrogens (tertiary/aromatic N) is 4. The van der Waals surface area contributed by atoms with Crippen molar-refractivity contribution < 1.29 is 19.2 Å². The molecule has 0 spiro atoms. The molecule has 1 aromatic carbocycles. The van der Waals surface area contributed by atoms with Crippen LogP contribution >= 0.6 is 11.8 Å². The summed E-state index contributed by atoms with van der Waals surface area (Å²) in [6, 6.07) is 5.46. The molecule has 4 rings (SSSR count). The Kier molecular flexibility index (Phi) is 5.02. The van der Waals surface area contributed by atoms with Gasteiger partial charge in [-0.15, -0.1) is 11.8 Å². The molecule has 0 saturated carbocycles. The fraction of sp³-hybridized carbons (Fsp3) is 0.529. The summed E-state index contributed by atoms with van der Waals surface area (Å²) in [6.45, 7) is 4.00. The van der Waals surface area contributed by atoms with Gasteiger partial charge in [-0.05, 0) is 17.7 Å². The van der Waals surface area contributed by atoms with Crippen LogP contribution in [0.2, 0.25) is 0 Å². The summed E-state index contributed by atoms with van der Waals surface area (Å²) in [7, 11) is 0. The van der Waals surface area contributed by atoms with E-state index in [2.05, 4.69) is 4.90 Å². The minimum absolute atomic E-state index is 0.00857. The Balaban J connectivity index is 1.45. The molecule has 0 radical (unpaired) electrons. The molecule has 0 aromatic heterocycles. The summed E-state index contributed by atoms with van der Waals surface area (Å²) in [5.41, 5.74) is 0.804. The molecule has 144 valence electrons. The van der Waals surface area contributed by atoms with Crippen LogP contribution in [0.5, 0.6) is 0 Å². The van der Waals surface area contributed by atoms with E-state index in [9.17, 15) is 19.7 Å². The smallest absolute Gasteiger partial charge is 0.328 e. The Hall–Kier alpha value is -2.17. The van der Waals surface area contributed by atoms with Crippen molar-refractivity contribution in [2.24, 2.45) is 0 Å². The summed E-state index contributed by atoms with van der Waals surface area (Å²) in [6.07, 6.45) is 0. The first kappa shape index (κ1) is 18.2. The fourth-order valence-corrected chi connectivity index (χ4v) is 5.05. The van der Waals surface area contributed by atoms with E-state index in [1.165, 1.54) is 28.8 Å². The molecule has 0 aliphatic carbocycles. The first-order valence-corrected chi connectivity index (χ1v) is 9.91. The molecule has 10 heteroatoms. The average Bonchev–Trinajstić information content (AvgIpc) is 3.22. The maximum Gasteiger partial charge on any atom is 0.328 e. The number of non-ortho nitro benzene ring substituents is 1. The van der Waals surface area contributed by atoms with E-state index in [-0.39, 0.29) is 23.0 Å². The molecule has 3 saturated heterocycles. The second-order valence-electron chi connectivity index (χ2n) is 6.68. The second kappa shape index (κ2) is 7.45. The van der Waals surface area contributed by atoms with Crippen LogP contribution in [0.25, 0.3) is 0 Å². The van der Waals surface area contributed by atoms with Crippen LogP contribution in [0.15, 0.2) is 24.3 Å². The number of morpholine rings is 1. The molecular formula is C17H20N4O5S. The van der Waals surface area contributed by atoms with Crippen molar-refractivity contribution in [1.82, 2.24) is 14.7 Å². The standard InChI is InChI=1S/C17H20N4O5S/c22-15-14-11-27-16(12-1-3-13(4-2-12)21(24)25)20(14)17(23)19(15)6-5-18-7-9-26-10-8-18/h1-4,14,16H,5-11H2/t14-,16-/m0/s1. The third kappa shape index (κ3) is 3.40. The van der Waals surface area contributed by atoms with Crippen LogP contribution in [0.1, 0.15) is 10.9 Å². The Morgan fingerprint density at radius 3 is 2.52 bits per heavy atom. The predicted octanol–water partition coefficient (Wildman–Crippen LogP) is 1.31. The van der Waals surface area contributed by atoms with Gasteiger partial charge in [0.15, 0.2) is 0 Å². The number of nitro benzene ring substituents is 1. The zero-order valence-corrected chi connectivity index (χ0v) is 15.5. The molecule has 1 aromatic rings. The minimum Gasteiger partial charge on any atom is -0.379 e. The van der Waals surface area contributed by atoms with Gasteiger partial charge in [0.1, 0.15) is 11.4 Å². The van der Waals surface area contributed by atoms with E-state index < -0.39 is 11.0 Å². The molecule has 0 N–H and O–H groups in total. The number of amides is 3. The van der Waals surface area contributed by atoms with Gasteiger partial charge in [0.2, 0.25) is 0 Å². The monoisotopic (exact) mass is 392 g/mol. The highest BCUT2D eigenvalue weighted by atomic mass is 32.2. The number of nitro groups is 1. The Bertz CT molecular complexity index is 752. The Morgan fingerprint density at radius 1 is 1.15 bits per heavy atom. The first-order valence-electron chi connectivity index (χ1n) is 8.86. The van der Waals surface area contributed by atoms with Gasteiger partial charge >= 0.3 is 6.03 Å². The Labute approximate surface area is 160 Å². The second-order valence-corrected chi connectivity index (χ2v) is 7.80. The number of ether oxygens (including phenoxy) is 1. The molecule has 0 unspecified atom stereocenters. The van der Waals surface area contributed by atoms with Gasteiger partial charge in [-0.25, -0.2) is 4.79 Å². The lowest BCUT2D eigenvalue weighted by Crippen LogP contribution is -2.43. The third-order valence-electron chi connectivity index (χ3n) is 5.14. The van der Waals surface area contributed by atoms with E-state index in [0.717, 1.165) is 18.7 Å². The fourth-order valence-electron chi connectivity index (χ4n) is 3.63. The van der Waals surface area contributed by atoms with Crippen molar-refractivity contribution in [2.45, 2.75) is 11.4 Å². The number of hydrogen-bond acceptors (Lipinski definition) is 7. The van der Waals surface area contributed by atoms with Gasteiger partial charge in [0.05, 0.1) is 18.1 Å². The minimum atomic E-state index is -0.452. The summed E-state index contributed by atoms with van der Waals surface area (Å²) >= 11 is 1.52. The number of carbonyl (C=O) groups excluding carboxylic acids is 2. The van der Waals surface area contributed by atoms with E-state index in [0.29, 0.717) is 32.1 Å². The molecular weight excluding hydrogens is 372 g/mol. The van der Waals surface area contributed by atoms with Crippen molar-refractivity contribution in [2.75, 3.05) is 45.1 Å². The average molecular weight is 392 g/mol. The number of carbonyl (C=O) groups is 2. The SMILES string of the molecule is O=C1[C@@H]2CS[C@@H](c3ccc([N+](=O)[O-])cc3)N2C(=O)N1CCN1CCOCC1. The molecule has 3 aliphatic rings. The van der Waals surface area contributed by atoms with E-state index in [4.69, 9.17) is 4.74 Å². The van der Waals surface area contributed by atoms with Gasteiger partial charge in [0, 0.05) is 44.1 Å². The van der Waals surface area contributed by atoms with Crippen molar-refractivity contribution in [1.29, 1.82) is 0 Å². The van der Waals surface area contributed by atoms with Gasteiger partial charge in [-0.2, -0.15) is 0 Å². The summed E-state index contributed by atoms with van der Waals surface area (Å²) in [5, 5.41) is 10.5. The van der Waals surface area contributed by atoms with Gasteiger partial charge < -0.3 is 4.74 Å². The molecule has 3 aliphatic heterocycles. The zero-order chi connectivity index (χ0) is 19.0. The number of hydrogen-bond donors (Lipinski definition) is 0. The van der Waals surface area contributed by atoms with Crippen molar-refractivity contribution in [3.05, 3.63) is 39.9 Å². The first-order chi connectivity index (χ1) is 13.1. The number of thioether (sulfide) groups is 1. The lowest BCUT2D eigenvalue weighted by Gasteiger charge is -2.28. The third-order valence-corrected chi connectivity index (χ3v) is 6.46. The lowest BCUT2D eigenvalue weighted by molar-refractivity contribution is -0.384. The molecule has 3 heterocycles. The highest BCUT2D eigenvalue weighted by Gasteiger charge is 2.52. The maximum atomic E-state index is 12.9. The molecule has 3 fully saturated rings. The summed E-state index contributed by atoms with van der Waals surface area (Å²) in [4.78, 5) is 41.1. The van der Waals surface area contributed by atoms with Crippen molar-refractivity contribution in [3.8, 4) is 0 Å². The summed E-state index contributed by atoms with van der Waals surface area (Å²) < 4.78 is 5.32. The lowest BCUT2D eigenvalue weighted by atomic mass is 10.2. The van der Waals surface area contributed by atoms with E-state index in [1.807, 2.05) is 0 Å². The van der Waals surface area contributed by atoms with E-state index in [1.54, 1.807) is 17.0 Å². The number of urea groups is 1.